The number of nitrogens with one attached hydrogen (secondary N) is 1. The maximum Gasteiger partial charge on any atom is 0.217 e. The SMILES string of the molecule is C.CC(=O)NC1(C)CC1. The standard InChI is InChI=1S/C6H11NO.CH4/c1-5(8)7-6(2)3-4-6;/h3-4H2,1-2H3,(H,7,8);1H4. The first-order valence-electron chi connectivity index (χ1n) is 2.91. The molecule has 1 fully saturated rings. The van der Waals surface area contributed by atoms with E-state index in [4.69, 9.17) is 0 Å². The summed E-state index contributed by atoms with van der Waals surface area (Å²) in [6.45, 7) is 3.62. The van der Waals surface area contributed by atoms with E-state index in [1.807, 2.05) is 0 Å². The normalized spacial score (nSPS) is 19.8. The van der Waals surface area contributed by atoms with Crippen LogP contribution >= 0.6 is 0 Å². The Morgan fingerprint density at radius 3 is 2.11 bits per heavy atom. The third kappa shape index (κ3) is 2.49. The minimum atomic E-state index is 0. The van der Waals surface area contributed by atoms with E-state index in [0.29, 0.717) is 0 Å². The lowest BCUT2D eigenvalue weighted by molar-refractivity contribution is -0.119. The van der Waals surface area contributed by atoms with Crippen LogP contribution in [-0.2, 0) is 4.79 Å². The molecule has 1 N–H and O–H groups in total. The monoisotopic (exact) mass is 129 g/mol. The van der Waals surface area contributed by atoms with Crippen LogP contribution in [0.25, 0.3) is 0 Å². The zero-order chi connectivity index (χ0) is 6.20. The van der Waals surface area contributed by atoms with E-state index >= 15 is 0 Å². The Morgan fingerprint density at radius 1 is 1.56 bits per heavy atom. The molecule has 0 aromatic carbocycles. The summed E-state index contributed by atoms with van der Waals surface area (Å²) in [7, 11) is 0. The zero-order valence-corrected chi connectivity index (χ0v) is 5.32. The largest absolute Gasteiger partial charge is 0.351 e. The Kier molecular flexibility index (Phi) is 2.24. The van der Waals surface area contributed by atoms with E-state index in [-0.39, 0.29) is 18.9 Å². The molecule has 0 aromatic rings. The summed E-state index contributed by atoms with van der Waals surface area (Å²) in [6.07, 6.45) is 2.29. The van der Waals surface area contributed by atoms with Crippen molar-refractivity contribution in [2.24, 2.45) is 0 Å². The van der Waals surface area contributed by atoms with Crippen LogP contribution in [0.5, 0.6) is 0 Å². The van der Waals surface area contributed by atoms with Gasteiger partial charge >= 0.3 is 0 Å². The quantitative estimate of drug-likeness (QED) is 0.568. The lowest BCUT2D eigenvalue weighted by atomic mass is 10.3. The van der Waals surface area contributed by atoms with E-state index in [1.54, 1.807) is 6.92 Å². The molecule has 0 aromatic heterocycles. The van der Waals surface area contributed by atoms with Crippen LogP contribution in [0.15, 0.2) is 0 Å². The highest BCUT2D eigenvalue weighted by molar-refractivity contribution is 5.74. The number of rotatable bonds is 1. The van der Waals surface area contributed by atoms with Gasteiger partial charge in [0.15, 0.2) is 0 Å². The van der Waals surface area contributed by atoms with Crippen molar-refractivity contribution in [3.8, 4) is 0 Å². The van der Waals surface area contributed by atoms with Gasteiger partial charge in [-0.15, -0.1) is 0 Å². The number of amides is 1. The van der Waals surface area contributed by atoms with Gasteiger partial charge in [0.1, 0.15) is 0 Å². The molecule has 0 heterocycles. The van der Waals surface area contributed by atoms with Crippen molar-refractivity contribution in [3.05, 3.63) is 0 Å². The third-order valence-corrected chi connectivity index (χ3v) is 1.48. The van der Waals surface area contributed by atoms with Crippen LogP contribution in [0.1, 0.15) is 34.1 Å². The summed E-state index contributed by atoms with van der Waals surface area (Å²) in [4.78, 5) is 10.4. The molecule has 1 aliphatic carbocycles. The Hall–Kier alpha value is -0.530. The highest BCUT2D eigenvalue weighted by Crippen LogP contribution is 2.33. The predicted octanol–water partition coefficient (Wildman–Crippen LogP) is 1.31. The fourth-order valence-electron chi connectivity index (χ4n) is 0.737. The van der Waals surface area contributed by atoms with Gasteiger partial charge in [-0.2, -0.15) is 0 Å². The van der Waals surface area contributed by atoms with Crippen LogP contribution < -0.4 is 5.32 Å². The van der Waals surface area contributed by atoms with E-state index in [9.17, 15) is 4.79 Å². The average molecular weight is 129 g/mol. The van der Waals surface area contributed by atoms with Gasteiger partial charge < -0.3 is 5.32 Å². The second-order valence-electron chi connectivity index (χ2n) is 2.74. The molecule has 2 nitrogen and oxygen atoms in total. The second kappa shape index (κ2) is 2.38. The number of carbonyl (C=O) groups is 1. The number of hydrogen-bond acceptors (Lipinski definition) is 1. The van der Waals surface area contributed by atoms with E-state index in [2.05, 4.69) is 12.2 Å². The molecule has 1 saturated carbocycles. The van der Waals surface area contributed by atoms with Crippen LogP contribution in [0, 0.1) is 0 Å². The van der Waals surface area contributed by atoms with Gasteiger partial charge in [0, 0.05) is 12.5 Å². The van der Waals surface area contributed by atoms with Crippen molar-refractivity contribution in [1.82, 2.24) is 5.32 Å². The van der Waals surface area contributed by atoms with Crippen LogP contribution in [0.2, 0.25) is 0 Å². The molecule has 0 atom stereocenters. The first kappa shape index (κ1) is 8.47. The van der Waals surface area contributed by atoms with Crippen LogP contribution in [0.4, 0.5) is 0 Å². The molecule has 1 aliphatic rings. The molecular weight excluding hydrogens is 114 g/mol. The molecule has 0 aliphatic heterocycles. The summed E-state index contributed by atoms with van der Waals surface area (Å²) < 4.78 is 0. The van der Waals surface area contributed by atoms with Crippen LogP contribution in [-0.4, -0.2) is 11.4 Å². The van der Waals surface area contributed by atoms with Crippen molar-refractivity contribution in [1.29, 1.82) is 0 Å². The molecule has 2 heteroatoms. The topological polar surface area (TPSA) is 29.1 Å². The fraction of sp³-hybridized carbons (Fsp3) is 0.857. The van der Waals surface area contributed by atoms with Crippen molar-refractivity contribution in [2.45, 2.75) is 39.7 Å². The number of carbonyl (C=O) groups excluding carboxylic acids is 1. The molecule has 0 bridgehead atoms. The van der Waals surface area contributed by atoms with Gasteiger partial charge in [0.05, 0.1) is 0 Å². The van der Waals surface area contributed by atoms with Crippen molar-refractivity contribution in [3.63, 3.8) is 0 Å². The van der Waals surface area contributed by atoms with Gasteiger partial charge in [0.25, 0.3) is 0 Å². The highest BCUT2D eigenvalue weighted by atomic mass is 16.1. The summed E-state index contributed by atoms with van der Waals surface area (Å²) in [5.74, 6) is 0.0880. The van der Waals surface area contributed by atoms with E-state index in [1.165, 1.54) is 0 Å². The molecule has 0 saturated heterocycles. The second-order valence-corrected chi connectivity index (χ2v) is 2.74. The van der Waals surface area contributed by atoms with Gasteiger partial charge in [0.2, 0.25) is 5.91 Å². The first-order valence-corrected chi connectivity index (χ1v) is 2.91. The van der Waals surface area contributed by atoms with Crippen molar-refractivity contribution >= 4 is 5.91 Å². The summed E-state index contributed by atoms with van der Waals surface area (Å²) in [5.41, 5.74) is 0.172. The lowest BCUT2D eigenvalue weighted by Crippen LogP contribution is -2.31. The number of hydrogen-bond donors (Lipinski definition) is 1. The summed E-state index contributed by atoms with van der Waals surface area (Å²) in [6, 6.07) is 0. The Morgan fingerprint density at radius 2 is 2.00 bits per heavy atom. The van der Waals surface area contributed by atoms with E-state index < -0.39 is 0 Å². The minimum Gasteiger partial charge on any atom is -0.351 e. The molecular formula is C7H15NO. The molecule has 9 heavy (non-hydrogen) atoms. The molecule has 0 radical (unpaired) electrons. The smallest absolute Gasteiger partial charge is 0.217 e. The molecule has 0 unspecified atom stereocenters. The summed E-state index contributed by atoms with van der Waals surface area (Å²) >= 11 is 0. The lowest BCUT2D eigenvalue weighted by Gasteiger charge is -2.06. The van der Waals surface area contributed by atoms with Gasteiger partial charge in [-0.05, 0) is 19.8 Å². The van der Waals surface area contributed by atoms with Crippen LogP contribution in [0.3, 0.4) is 0 Å². The Balaban J connectivity index is 0.000000640. The third-order valence-electron chi connectivity index (χ3n) is 1.48. The first-order chi connectivity index (χ1) is 3.62. The van der Waals surface area contributed by atoms with E-state index in [0.717, 1.165) is 12.8 Å². The highest BCUT2D eigenvalue weighted by Gasteiger charge is 2.37. The van der Waals surface area contributed by atoms with Gasteiger partial charge in [-0.1, -0.05) is 7.43 Å². The predicted molar refractivity (Wildman–Crippen MR) is 38.2 cm³/mol. The Labute approximate surface area is 56.6 Å². The maximum atomic E-state index is 10.4. The Bertz CT molecular complexity index is 116. The average Bonchev–Trinajstić information content (AvgIpc) is 2.17. The van der Waals surface area contributed by atoms with Gasteiger partial charge in [-0.25, -0.2) is 0 Å². The molecule has 0 spiro atoms. The zero-order valence-electron chi connectivity index (χ0n) is 5.32. The molecule has 1 rings (SSSR count). The minimum absolute atomic E-state index is 0. The fourth-order valence-corrected chi connectivity index (χ4v) is 0.737. The van der Waals surface area contributed by atoms with Gasteiger partial charge in [-0.3, -0.25) is 4.79 Å². The van der Waals surface area contributed by atoms with Crippen molar-refractivity contribution in [2.75, 3.05) is 0 Å². The molecule has 54 valence electrons. The molecule has 1 amide bonds. The van der Waals surface area contributed by atoms with Crippen molar-refractivity contribution < 1.29 is 4.79 Å². The maximum absolute atomic E-state index is 10.4. The summed E-state index contributed by atoms with van der Waals surface area (Å²) in [5, 5.41) is 2.85.